The quantitative estimate of drug-likeness (QED) is 0.589. The fourth-order valence-electron chi connectivity index (χ4n) is 1.76. The third-order valence-corrected chi connectivity index (χ3v) is 4.63. The van der Waals surface area contributed by atoms with E-state index in [2.05, 4.69) is 10.2 Å². The average Bonchev–Trinajstić information content (AvgIpc) is 2.51. The van der Waals surface area contributed by atoms with Gasteiger partial charge in [0, 0.05) is 7.05 Å². The van der Waals surface area contributed by atoms with Crippen molar-refractivity contribution in [1.82, 2.24) is 0 Å². The Morgan fingerprint density at radius 3 is 2.29 bits per heavy atom. The molecule has 0 aromatic heterocycles. The van der Waals surface area contributed by atoms with Gasteiger partial charge in [-0.05, 0) is 43.3 Å². The molecule has 2 aromatic rings. The SMILES string of the molecule is CCOP(=O)(Oc1ccc(N=NC)cc1)c1ccccc1. The number of nitrogens with zero attached hydrogens (tertiary/aromatic N) is 2. The highest BCUT2D eigenvalue weighted by molar-refractivity contribution is 7.62. The van der Waals surface area contributed by atoms with Crippen LogP contribution in [0.1, 0.15) is 6.92 Å². The molecule has 0 bridgehead atoms. The van der Waals surface area contributed by atoms with Gasteiger partial charge < -0.3 is 4.52 Å². The van der Waals surface area contributed by atoms with Crippen molar-refractivity contribution in [3.05, 3.63) is 54.6 Å². The molecule has 6 heteroatoms. The average molecular weight is 304 g/mol. The molecule has 0 amide bonds. The second-order valence-electron chi connectivity index (χ2n) is 4.14. The molecular weight excluding hydrogens is 287 g/mol. The zero-order valence-corrected chi connectivity index (χ0v) is 12.9. The van der Waals surface area contributed by atoms with Gasteiger partial charge in [0.1, 0.15) is 5.75 Å². The Morgan fingerprint density at radius 2 is 1.71 bits per heavy atom. The minimum atomic E-state index is -3.38. The lowest BCUT2D eigenvalue weighted by Crippen LogP contribution is -2.12. The summed E-state index contributed by atoms with van der Waals surface area (Å²) in [5.74, 6) is 0.464. The van der Waals surface area contributed by atoms with E-state index in [0.717, 1.165) is 0 Å². The summed E-state index contributed by atoms with van der Waals surface area (Å²) in [4.78, 5) is 0. The Balaban J connectivity index is 2.26. The van der Waals surface area contributed by atoms with Gasteiger partial charge >= 0.3 is 7.60 Å². The Labute approximate surface area is 124 Å². The minimum Gasteiger partial charge on any atom is -0.421 e. The molecule has 1 unspecified atom stereocenters. The van der Waals surface area contributed by atoms with Crippen LogP contribution in [-0.2, 0) is 9.09 Å². The molecular formula is C15H17N2O3P. The van der Waals surface area contributed by atoms with Crippen LogP contribution in [0, 0.1) is 0 Å². The molecule has 0 aliphatic carbocycles. The molecule has 0 saturated heterocycles. The summed E-state index contributed by atoms with van der Waals surface area (Å²) in [5.41, 5.74) is 0.704. The second kappa shape index (κ2) is 7.16. The van der Waals surface area contributed by atoms with Crippen molar-refractivity contribution in [3.63, 3.8) is 0 Å². The largest absolute Gasteiger partial charge is 0.421 e. The van der Waals surface area contributed by atoms with Crippen molar-refractivity contribution in [3.8, 4) is 5.75 Å². The first-order valence-electron chi connectivity index (χ1n) is 6.57. The van der Waals surface area contributed by atoms with Crippen LogP contribution in [0.2, 0.25) is 0 Å². The summed E-state index contributed by atoms with van der Waals surface area (Å²) in [5, 5.41) is 8.13. The first kappa shape index (κ1) is 15.4. The third kappa shape index (κ3) is 4.00. The molecule has 0 saturated carbocycles. The van der Waals surface area contributed by atoms with Crippen LogP contribution in [0.5, 0.6) is 5.75 Å². The lowest BCUT2D eigenvalue weighted by molar-refractivity contribution is 0.289. The molecule has 2 rings (SSSR count). The standard InChI is InChI=1S/C15H17N2O3P/c1-3-19-21(18,15-7-5-4-6-8-15)20-14-11-9-13(10-12-14)17-16-2/h4-12H,3H2,1-2H3. The monoisotopic (exact) mass is 304 g/mol. The summed E-state index contributed by atoms with van der Waals surface area (Å²) in [6, 6.07) is 15.8. The van der Waals surface area contributed by atoms with E-state index in [-0.39, 0.29) is 0 Å². The first-order valence-corrected chi connectivity index (χ1v) is 8.12. The van der Waals surface area contributed by atoms with Gasteiger partial charge in [-0.3, -0.25) is 4.52 Å². The molecule has 0 aliphatic rings. The summed E-state index contributed by atoms with van der Waals surface area (Å²) in [6.45, 7) is 2.08. The van der Waals surface area contributed by atoms with Gasteiger partial charge in [-0.25, -0.2) is 4.57 Å². The fourth-order valence-corrected chi connectivity index (χ4v) is 3.35. The van der Waals surface area contributed by atoms with Gasteiger partial charge in [0.2, 0.25) is 0 Å². The maximum absolute atomic E-state index is 12.9. The van der Waals surface area contributed by atoms with Crippen molar-refractivity contribution in [1.29, 1.82) is 0 Å². The van der Waals surface area contributed by atoms with Crippen LogP contribution in [0.3, 0.4) is 0 Å². The Hall–Kier alpha value is -1.97. The van der Waals surface area contributed by atoms with E-state index in [1.54, 1.807) is 62.5 Å². The van der Waals surface area contributed by atoms with Gasteiger partial charge in [-0.2, -0.15) is 10.2 Å². The molecule has 21 heavy (non-hydrogen) atoms. The summed E-state index contributed by atoms with van der Waals surface area (Å²) >= 11 is 0. The zero-order valence-electron chi connectivity index (χ0n) is 12.0. The van der Waals surface area contributed by atoms with Gasteiger partial charge in [0.05, 0.1) is 17.6 Å². The van der Waals surface area contributed by atoms with Gasteiger partial charge in [-0.15, -0.1) is 0 Å². The molecule has 0 aliphatic heterocycles. The van der Waals surface area contributed by atoms with Gasteiger partial charge in [0.25, 0.3) is 0 Å². The van der Waals surface area contributed by atoms with E-state index in [1.165, 1.54) is 0 Å². The lowest BCUT2D eigenvalue weighted by Gasteiger charge is -2.18. The Morgan fingerprint density at radius 1 is 1.05 bits per heavy atom. The van der Waals surface area contributed by atoms with Gasteiger partial charge in [-0.1, -0.05) is 18.2 Å². The topological polar surface area (TPSA) is 60.2 Å². The van der Waals surface area contributed by atoms with E-state index in [1.807, 2.05) is 6.07 Å². The van der Waals surface area contributed by atoms with E-state index in [0.29, 0.717) is 23.3 Å². The van der Waals surface area contributed by atoms with Crippen LogP contribution in [-0.4, -0.2) is 13.7 Å². The molecule has 110 valence electrons. The second-order valence-corrected chi connectivity index (χ2v) is 6.09. The third-order valence-electron chi connectivity index (χ3n) is 2.65. The number of hydrogen-bond donors (Lipinski definition) is 0. The highest BCUT2D eigenvalue weighted by Gasteiger charge is 2.28. The van der Waals surface area contributed by atoms with Crippen LogP contribution in [0.4, 0.5) is 5.69 Å². The molecule has 5 nitrogen and oxygen atoms in total. The molecule has 0 radical (unpaired) electrons. The molecule has 2 aromatic carbocycles. The van der Waals surface area contributed by atoms with Crippen molar-refractivity contribution in [2.45, 2.75) is 6.92 Å². The highest BCUT2D eigenvalue weighted by Crippen LogP contribution is 2.47. The smallest absolute Gasteiger partial charge is 0.410 e. The summed E-state index contributed by atoms with van der Waals surface area (Å²) in [7, 11) is -1.78. The van der Waals surface area contributed by atoms with Crippen LogP contribution >= 0.6 is 7.60 Å². The lowest BCUT2D eigenvalue weighted by atomic mass is 10.3. The number of hydrogen-bond acceptors (Lipinski definition) is 5. The van der Waals surface area contributed by atoms with E-state index >= 15 is 0 Å². The number of azo groups is 1. The van der Waals surface area contributed by atoms with E-state index < -0.39 is 7.60 Å². The first-order chi connectivity index (χ1) is 10.2. The zero-order chi connectivity index (χ0) is 15.1. The minimum absolute atomic E-state index is 0.300. The predicted octanol–water partition coefficient (Wildman–Crippen LogP) is 4.33. The van der Waals surface area contributed by atoms with Crippen LogP contribution in [0.15, 0.2) is 64.8 Å². The fraction of sp³-hybridized carbons (Fsp3) is 0.200. The van der Waals surface area contributed by atoms with Crippen molar-refractivity contribution < 1.29 is 13.6 Å². The molecule has 0 N–H and O–H groups in total. The summed E-state index contributed by atoms with van der Waals surface area (Å²) < 4.78 is 23.9. The van der Waals surface area contributed by atoms with Gasteiger partial charge in [0.15, 0.2) is 0 Å². The van der Waals surface area contributed by atoms with Crippen molar-refractivity contribution in [2.75, 3.05) is 13.7 Å². The predicted molar refractivity (Wildman–Crippen MR) is 82.8 cm³/mol. The van der Waals surface area contributed by atoms with Crippen LogP contribution in [0.25, 0.3) is 0 Å². The van der Waals surface area contributed by atoms with Crippen molar-refractivity contribution in [2.24, 2.45) is 10.2 Å². The molecule has 0 spiro atoms. The summed E-state index contributed by atoms with van der Waals surface area (Å²) in [6.07, 6.45) is 0. The maximum Gasteiger partial charge on any atom is 0.410 e. The Bertz CT molecular complexity index is 642. The normalized spacial score (nSPS) is 14.0. The van der Waals surface area contributed by atoms with E-state index in [4.69, 9.17) is 9.05 Å². The van der Waals surface area contributed by atoms with E-state index in [9.17, 15) is 4.57 Å². The molecule has 0 fully saturated rings. The Kier molecular flexibility index (Phi) is 5.26. The molecule has 1 atom stereocenters. The molecule has 0 heterocycles. The number of benzene rings is 2. The number of rotatable bonds is 6. The van der Waals surface area contributed by atoms with Crippen molar-refractivity contribution >= 4 is 18.6 Å². The maximum atomic E-state index is 12.9. The highest BCUT2D eigenvalue weighted by atomic mass is 31.2. The van der Waals surface area contributed by atoms with Crippen LogP contribution < -0.4 is 9.83 Å².